The van der Waals surface area contributed by atoms with Gasteiger partial charge in [0.25, 0.3) is 0 Å². The lowest BCUT2D eigenvalue weighted by atomic mass is 10.0. The summed E-state index contributed by atoms with van der Waals surface area (Å²) in [5.41, 5.74) is 5.33. The van der Waals surface area contributed by atoms with Crippen LogP contribution in [0.4, 0.5) is 0 Å². The Bertz CT molecular complexity index is 726. The molecule has 44 heavy (non-hydrogen) atoms. The van der Waals surface area contributed by atoms with Crippen LogP contribution in [0.5, 0.6) is 0 Å². The van der Waals surface area contributed by atoms with Crippen molar-refractivity contribution in [1.82, 2.24) is 5.32 Å². The van der Waals surface area contributed by atoms with Crippen molar-refractivity contribution in [3.8, 4) is 0 Å². The van der Waals surface area contributed by atoms with Gasteiger partial charge in [0.15, 0.2) is 0 Å². The van der Waals surface area contributed by atoms with Gasteiger partial charge in [-0.25, -0.2) is 4.57 Å². The van der Waals surface area contributed by atoms with Crippen LogP contribution in [0.25, 0.3) is 0 Å². The summed E-state index contributed by atoms with van der Waals surface area (Å²) in [6, 6.07) is -0.974. The molecule has 0 aliphatic rings. The van der Waals surface area contributed by atoms with Crippen molar-refractivity contribution in [2.75, 3.05) is 19.8 Å². The Morgan fingerprint density at radius 3 is 1.75 bits per heavy atom. The fourth-order valence-electron chi connectivity index (χ4n) is 5.17. The summed E-state index contributed by atoms with van der Waals surface area (Å²) in [5, 5.41) is 23.8. The van der Waals surface area contributed by atoms with Gasteiger partial charge in [0.1, 0.15) is 0 Å². The topological polar surface area (TPSA) is 151 Å². The average Bonchev–Trinajstić information content (AvgIpc) is 2.99. The van der Waals surface area contributed by atoms with E-state index >= 15 is 0 Å². The van der Waals surface area contributed by atoms with Gasteiger partial charge in [0.2, 0.25) is 5.91 Å². The highest BCUT2D eigenvalue weighted by atomic mass is 31.2. The first kappa shape index (κ1) is 43.2. The molecular formula is C34H69N2O7P. The second kappa shape index (κ2) is 30.8. The van der Waals surface area contributed by atoms with E-state index in [1.807, 2.05) is 6.08 Å². The lowest BCUT2D eigenvalue weighted by Gasteiger charge is -2.24. The SMILES string of the molecule is CCCCCCCCCCCCCC/C=C/C(O)C(COP(=O)(O)OCCN)NC(=O)CC(O)CCCCCCCCCC. The van der Waals surface area contributed by atoms with Gasteiger partial charge in [-0.2, -0.15) is 0 Å². The standard InChI is InChI=1S/C34H69N2O7P/c1-3-5-7-9-11-13-14-15-16-17-18-20-22-24-26-33(38)32(30-43-44(40,41)42-28-27-35)36-34(39)29-31(37)25-23-21-19-12-10-8-6-4-2/h24,26,31-33,37-38H,3-23,25,27-30,35H2,1-2H3,(H,36,39)(H,40,41)/b26-24+. The van der Waals surface area contributed by atoms with Gasteiger partial charge in [-0.1, -0.05) is 148 Å². The normalized spacial score (nSPS) is 15.3. The number of aliphatic hydroxyl groups excluding tert-OH is 2. The molecule has 4 unspecified atom stereocenters. The van der Waals surface area contributed by atoms with Crippen LogP contribution in [0.2, 0.25) is 0 Å². The van der Waals surface area contributed by atoms with Gasteiger partial charge in [0.05, 0.1) is 37.9 Å². The number of allylic oxidation sites excluding steroid dienone is 1. The maximum atomic E-state index is 12.7. The fraction of sp³-hybridized carbons (Fsp3) is 0.912. The quantitative estimate of drug-likeness (QED) is 0.0274. The van der Waals surface area contributed by atoms with Crippen LogP contribution in [0.15, 0.2) is 12.2 Å². The summed E-state index contributed by atoms with van der Waals surface area (Å²) in [5.74, 6) is -0.449. The number of aliphatic hydroxyl groups is 2. The van der Waals surface area contributed by atoms with Crippen LogP contribution in [0.1, 0.15) is 162 Å². The highest BCUT2D eigenvalue weighted by Gasteiger charge is 2.27. The van der Waals surface area contributed by atoms with E-state index in [1.54, 1.807) is 6.08 Å². The molecule has 1 amide bonds. The Hall–Kier alpha value is -0.800. The molecule has 0 aliphatic carbocycles. The van der Waals surface area contributed by atoms with Crippen molar-refractivity contribution in [2.45, 2.75) is 180 Å². The molecule has 0 radical (unpaired) electrons. The minimum absolute atomic E-state index is 0.0509. The molecule has 0 spiro atoms. The molecule has 6 N–H and O–H groups in total. The Balaban J connectivity index is 4.48. The van der Waals surface area contributed by atoms with Crippen LogP contribution < -0.4 is 11.1 Å². The number of hydrogen-bond acceptors (Lipinski definition) is 7. The molecule has 9 nitrogen and oxygen atoms in total. The number of carbonyl (C=O) groups is 1. The Morgan fingerprint density at radius 2 is 1.25 bits per heavy atom. The van der Waals surface area contributed by atoms with Crippen LogP contribution in [0.3, 0.4) is 0 Å². The third-order valence-corrected chi connectivity index (χ3v) is 8.90. The van der Waals surface area contributed by atoms with E-state index < -0.39 is 38.6 Å². The molecule has 262 valence electrons. The molecule has 0 aromatic rings. The molecule has 0 fully saturated rings. The Labute approximate surface area is 269 Å². The number of unbranched alkanes of at least 4 members (excludes halogenated alkanes) is 19. The highest BCUT2D eigenvalue weighted by molar-refractivity contribution is 7.47. The number of nitrogens with one attached hydrogen (secondary N) is 1. The average molecular weight is 649 g/mol. The second-order valence-electron chi connectivity index (χ2n) is 12.3. The van der Waals surface area contributed by atoms with E-state index in [4.69, 9.17) is 14.8 Å². The Morgan fingerprint density at radius 1 is 0.773 bits per heavy atom. The molecule has 0 heterocycles. The van der Waals surface area contributed by atoms with Gasteiger partial charge in [-0.05, 0) is 19.3 Å². The zero-order valence-electron chi connectivity index (χ0n) is 28.3. The summed E-state index contributed by atoms with van der Waals surface area (Å²) in [6.07, 6.45) is 27.3. The number of phosphoric ester groups is 1. The molecule has 0 saturated carbocycles. The molecule has 0 aliphatic heterocycles. The minimum atomic E-state index is -4.38. The van der Waals surface area contributed by atoms with E-state index in [0.29, 0.717) is 6.42 Å². The zero-order chi connectivity index (χ0) is 32.7. The van der Waals surface area contributed by atoms with Crippen LogP contribution >= 0.6 is 7.82 Å². The third-order valence-electron chi connectivity index (χ3n) is 7.92. The van der Waals surface area contributed by atoms with Gasteiger partial charge >= 0.3 is 7.82 Å². The minimum Gasteiger partial charge on any atom is -0.393 e. The van der Waals surface area contributed by atoms with E-state index in [1.165, 1.54) is 96.3 Å². The Kier molecular flexibility index (Phi) is 30.3. The maximum Gasteiger partial charge on any atom is 0.472 e. The first-order valence-corrected chi connectivity index (χ1v) is 19.4. The number of phosphoric acid groups is 1. The molecule has 0 saturated heterocycles. The lowest BCUT2D eigenvalue weighted by molar-refractivity contribution is -0.124. The number of hydrogen-bond donors (Lipinski definition) is 5. The zero-order valence-corrected chi connectivity index (χ0v) is 29.2. The largest absolute Gasteiger partial charge is 0.472 e. The fourth-order valence-corrected chi connectivity index (χ4v) is 5.93. The smallest absolute Gasteiger partial charge is 0.393 e. The van der Waals surface area contributed by atoms with Crippen molar-refractivity contribution >= 4 is 13.7 Å². The predicted molar refractivity (Wildman–Crippen MR) is 181 cm³/mol. The molecule has 0 aromatic carbocycles. The third kappa shape index (κ3) is 28.7. The van der Waals surface area contributed by atoms with Crippen LogP contribution in [0, 0.1) is 0 Å². The van der Waals surface area contributed by atoms with Crippen molar-refractivity contribution < 1.29 is 33.5 Å². The molecule has 0 aromatic heterocycles. The van der Waals surface area contributed by atoms with Crippen molar-refractivity contribution in [2.24, 2.45) is 5.73 Å². The van der Waals surface area contributed by atoms with Crippen molar-refractivity contribution in [3.63, 3.8) is 0 Å². The number of rotatable bonds is 33. The van der Waals surface area contributed by atoms with Gasteiger partial charge in [-0.3, -0.25) is 13.8 Å². The van der Waals surface area contributed by atoms with Crippen molar-refractivity contribution in [1.29, 1.82) is 0 Å². The summed E-state index contributed by atoms with van der Waals surface area (Å²) in [6.45, 7) is 3.92. The summed E-state index contributed by atoms with van der Waals surface area (Å²) >= 11 is 0. The molecular weight excluding hydrogens is 579 g/mol. The molecule has 0 rings (SSSR count). The highest BCUT2D eigenvalue weighted by Crippen LogP contribution is 2.43. The molecule has 4 atom stereocenters. The monoisotopic (exact) mass is 648 g/mol. The predicted octanol–water partition coefficient (Wildman–Crippen LogP) is 7.85. The number of nitrogens with two attached hydrogens (primary N) is 1. The van der Waals surface area contributed by atoms with E-state index in [0.717, 1.165) is 38.5 Å². The van der Waals surface area contributed by atoms with Gasteiger partial charge in [-0.15, -0.1) is 0 Å². The van der Waals surface area contributed by atoms with Crippen molar-refractivity contribution in [3.05, 3.63) is 12.2 Å². The summed E-state index contributed by atoms with van der Waals surface area (Å²) < 4.78 is 21.9. The van der Waals surface area contributed by atoms with E-state index in [9.17, 15) is 24.5 Å². The summed E-state index contributed by atoms with van der Waals surface area (Å²) in [7, 11) is -4.38. The second-order valence-corrected chi connectivity index (χ2v) is 13.7. The maximum absolute atomic E-state index is 12.7. The van der Waals surface area contributed by atoms with E-state index in [-0.39, 0.29) is 19.6 Å². The molecule has 0 bridgehead atoms. The number of amides is 1. The van der Waals surface area contributed by atoms with Gasteiger partial charge in [0, 0.05) is 6.54 Å². The van der Waals surface area contributed by atoms with Crippen LogP contribution in [-0.4, -0.2) is 59.0 Å². The summed E-state index contributed by atoms with van der Waals surface area (Å²) in [4.78, 5) is 22.5. The first-order valence-electron chi connectivity index (χ1n) is 17.9. The van der Waals surface area contributed by atoms with Crippen LogP contribution in [-0.2, 0) is 18.4 Å². The lowest BCUT2D eigenvalue weighted by Crippen LogP contribution is -2.46. The number of carbonyl (C=O) groups excluding carboxylic acids is 1. The van der Waals surface area contributed by atoms with E-state index in [2.05, 4.69) is 19.2 Å². The first-order chi connectivity index (χ1) is 21.3. The molecule has 10 heteroatoms. The van der Waals surface area contributed by atoms with Gasteiger partial charge < -0.3 is 26.2 Å².